The number of aryl methyl sites for hydroxylation is 1. The van der Waals surface area contributed by atoms with Gasteiger partial charge >= 0.3 is 5.97 Å². The number of hydrogen-bond donors (Lipinski definition) is 0. The van der Waals surface area contributed by atoms with Gasteiger partial charge in [0.05, 0.1) is 12.2 Å². The molecular weight excluding hydrogens is 318 g/mol. The molecule has 1 heterocycles. The van der Waals surface area contributed by atoms with Crippen molar-refractivity contribution in [2.24, 2.45) is 0 Å². The second-order valence-electron chi connectivity index (χ2n) is 5.58. The second kappa shape index (κ2) is 7.66. The average molecular weight is 337 g/mol. The van der Waals surface area contributed by atoms with Crippen LogP contribution >= 0.6 is 0 Å². The summed E-state index contributed by atoms with van der Waals surface area (Å²) in [6.45, 7) is 4.57. The molecule has 0 fully saturated rings. The lowest BCUT2D eigenvalue weighted by atomic mass is 10.1. The van der Waals surface area contributed by atoms with Gasteiger partial charge in [0, 0.05) is 11.6 Å². The minimum absolute atomic E-state index is 0.0570. The van der Waals surface area contributed by atoms with Crippen molar-refractivity contribution in [2.75, 3.05) is 6.61 Å². The molecule has 0 saturated heterocycles. The number of nitrogens with zero attached hydrogens (tertiary/aromatic N) is 1. The number of benzene rings is 2. The van der Waals surface area contributed by atoms with E-state index in [1.165, 1.54) is 5.56 Å². The minimum Gasteiger partial charge on any atom is -0.494 e. The first-order valence-electron chi connectivity index (χ1n) is 8.08. The van der Waals surface area contributed by atoms with E-state index in [-0.39, 0.29) is 6.61 Å². The van der Waals surface area contributed by atoms with Crippen LogP contribution in [0, 0.1) is 6.92 Å². The van der Waals surface area contributed by atoms with E-state index in [1.807, 2.05) is 38.1 Å². The number of carbonyl (C=O) groups excluding carboxylic acids is 1. The molecule has 2 aromatic carbocycles. The Morgan fingerprint density at radius 1 is 1.08 bits per heavy atom. The summed E-state index contributed by atoms with van der Waals surface area (Å²) in [5.74, 6) is 0.952. The van der Waals surface area contributed by atoms with Crippen LogP contribution in [0.4, 0.5) is 0 Å². The SMILES string of the molecule is CCOc1ccc(C(=O)OCc2cc(-c3ccc(C)cc3)on2)cc1. The third kappa shape index (κ3) is 4.26. The van der Waals surface area contributed by atoms with Crippen molar-refractivity contribution in [3.05, 3.63) is 71.4 Å². The number of carbonyl (C=O) groups is 1. The van der Waals surface area contributed by atoms with E-state index in [0.717, 1.165) is 11.3 Å². The van der Waals surface area contributed by atoms with Crippen LogP contribution in [0.3, 0.4) is 0 Å². The fraction of sp³-hybridized carbons (Fsp3) is 0.200. The normalized spacial score (nSPS) is 10.5. The van der Waals surface area contributed by atoms with E-state index in [1.54, 1.807) is 30.3 Å². The summed E-state index contributed by atoms with van der Waals surface area (Å²) in [7, 11) is 0. The van der Waals surface area contributed by atoms with Crippen LogP contribution in [0.15, 0.2) is 59.1 Å². The zero-order valence-corrected chi connectivity index (χ0v) is 14.2. The average Bonchev–Trinajstić information content (AvgIpc) is 3.10. The summed E-state index contributed by atoms with van der Waals surface area (Å²) >= 11 is 0. The van der Waals surface area contributed by atoms with Crippen molar-refractivity contribution in [1.82, 2.24) is 5.16 Å². The van der Waals surface area contributed by atoms with E-state index < -0.39 is 5.97 Å². The molecule has 0 atom stereocenters. The molecule has 1 aromatic heterocycles. The van der Waals surface area contributed by atoms with Gasteiger partial charge in [-0.1, -0.05) is 35.0 Å². The van der Waals surface area contributed by atoms with Crippen LogP contribution in [0.2, 0.25) is 0 Å². The van der Waals surface area contributed by atoms with Gasteiger partial charge in [-0.25, -0.2) is 4.79 Å². The predicted octanol–water partition coefficient (Wildman–Crippen LogP) is 4.41. The fourth-order valence-electron chi connectivity index (χ4n) is 2.31. The van der Waals surface area contributed by atoms with Gasteiger partial charge in [0.2, 0.25) is 0 Å². The molecule has 3 rings (SSSR count). The highest BCUT2D eigenvalue weighted by atomic mass is 16.5. The van der Waals surface area contributed by atoms with Crippen molar-refractivity contribution in [1.29, 1.82) is 0 Å². The molecule has 0 aliphatic heterocycles. The lowest BCUT2D eigenvalue weighted by molar-refractivity contribution is 0.0464. The van der Waals surface area contributed by atoms with Gasteiger partial charge in [0.15, 0.2) is 5.76 Å². The third-order valence-electron chi connectivity index (χ3n) is 3.65. The Hall–Kier alpha value is -3.08. The van der Waals surface area contributed by atoms with Gasteiger partial charge in [-0.3, -0.25) is 0 Å². The summed E-state index contributed by atoms with van der Waals surface area (Å²) in [5, 5.41) is 3.95. The second-order valence-corrected chi connectivity index (χ2v) is 5.58. The van der Waals surface area contributed by atoms with Crippen LogP contribution in [0.25, 0.3) is 11.3 Å². The molecule has 0 N–H and O–H groups in total. The Morgan fingerprint density at radius 2 is 1.80 bits per heavy atom. The van der Waals surface area contributed by atoms with Gasteiger partial charge < -0.3 is 14.0 Å². The highest BCUT2D eigenvalue weighted by Crippen LogP contribution is 2.21. The van der Waals surface area contributed by atoms with E-state index in [2.05, 4.69) is 5.16 Å². The summed E-state index contributed by atoms with van der Waals surface area (Å²) in [5.41, 5.74) is 3.13. The lowest BCUT2D eigenvalue weighted by Gasteiger charge is -2.05. The standard InChI is InChI=1S/C20H19NO4/c1-3-23-18-10-8-16(9-11-18)20(22)24-13-17-12-19(25-21-17)15-6-4-14(2)5-7-15/h4-12H,3,13H2,1-2H3. The number of esters is 1. The summed E-state index contributed by atoms with van der Waals surface area (Å²) < 4.78 is 15.9. The van der Waals surface area contributed by atoms with Gasteiger partial charge in [-0.05, 0) is 38.1 Å². The summed E-state index contributed by atoms with van der Waals surface area (Å²) in [6, 6.07) is 16.5. The van der Waals surface area contributed by atoms with Crippen molar-refractivity contribution in [2.45, 2.75) is 20.5 Å². The molecule has 0 saturated carbocycles. The molecule has 0 radical (unpaired) electrons. The van der Waals surface area contributed by atoms with E-state index >= 15 is 0 Å². The first kappa shape index (κ1) is 16.8. The number of aromatic nitrogens is 1. The Balaban J connectivity index is 1.60. The van der Waals surface area contributed by atoms with Crippen molar-refractivity contribution in [3.8, 4) is 17.1 Å². The molecule has 0 amide bonds. The lowest BCUT2D eigenvalue weighted by Crippen LogP contribution is -2.05. The molecule has 0 aliphatic rings. The van der Waals surface area contributed by atoms with Gasteiger partial charge in [-0.15, -0.1) is 0 Å². The van der Waals surface area contributed by atoms with Crippen molar-refractivity contribution >= 4 is 5.97 Å². The highest BCUT2D eigenvalue weighted by Gasteiger charge is 2.11. The van der Waals surface area contributed by atoms with Crippen LogP contribution in [-0.4, -0.2) is 17.7 Å². The zero-order valence-electron chi connectivity index (χ0n) is 14.2. The summed E-state index contributed by atoms with van der Waals surface area (Å²) in [6.07, 6.45) is 0. The largest absolute Gasteiger partial charge is 0.494 e. The summed E-state index contributed by atoms with van der Waals surface area (Å²) in [4.78, 5) is 12.1. The highest BCUT2D eigenvalue weighted by molar-refractivity contribution is 5.89. The topological polar surface area (TPSA) is 61.6 Å². The maximum absolute atomic E-state index is 12.1. The fourth-order valence-corrected chi connectivity index (χ4v) is 2.31. The molecule has 25 heavy (non-hydrogen) atoms. The van der Waals surface area contributed by atoms with Gasteiger partial charge in [0.25, 0.3) is 0 Å². The Labute approximate surface area is 146 Å². The maximum atomic E-state index is 12.1. The maximum Gasteiger partial charge on any atom is 0.338 e. The minimum atomic E-state index is -0.414. The molecule has 3 aromatic rings. The number of rotatable bonds is 6. The van der Waals surface area contributed by atoms with Crippen LogP contribution in [0.1, 0.15) is 28.5 Å². The van der Waals surface area contributed by atoms with Crippen molar-refractivity contribution in [3.63, 3.8) is 0 Å². The van der Waals surface area contributed by atoms with Gasteiger partial charge in [0.1, 0.15) is 18.1 Å². The quantitative estimate of drug-likeness (QED) is 0.624. The molecule has 128 valence electrons. The molecule has 5 nitrogen and oxygen atoms in total. The van der Waals surface area contributed by atoms with Gasteiger partial charge in [-0.2, -0.15) is 0 Å². The van der Waals surface area contributed by atoms with Crippen LogP contribution in [-0.2, 0) is 11.3 Å². The first-order valence-corrected chi connectivity index (χ1v) is 8.08. The number of ether oxygens (including phenoxy) is 2. The molecule has 0 bridgehead atoms. The van der Waals surface area contributed by atoms with Crippen LogP contribution in [0.5, 0.6) is 5.75 Å². The first-order chi connectivity index (χ1) is 12.2. The molecular formula is C20H19NO4. The third-order valence-corrected chi connectivity index (χ3v) is 3.65. The van der Waals surface area contributed by atoms with Crippen LogP contribution < -0.4 is 4.74 Å². The Kier molecular flexibility index (Phi) is 5.14. The number of hydrogen-bond acceptors (Lipinski definition) is 5. The predicted molar refractivity (Wildman–Crippen MR) is 93.4 cm³/mol. The monoisotopic (exact) mass is 337 g/mol. The Morgan fingerprint density at radius 3 is 2.48 bits per heavy atom. The Bertz CT molecular complexity index is 835. The molecule has 0 unspecified atom stereocenters. The molecule has 0 aliphatic carbocycles. The smallest absolute Gasteiger partial charge is 0.338 e. The van der Waals surface area contributed by atoms with E-state index in [0.29, 0.717) is 23.6 Å². The van der Waals surface area contributed by atoms with E-state index in [9.17, 15) is 4.79 Å². The van der Waals surface area contributed by atoms with Crippen molar-refractivity contribution < 1.29 is 18.8 Å². The zero-order chi connectivity index (χ0) is 17.6. The molecule has 0 spiro atoms. The van der Waals surface area contributed by atoms with E-state index in [4.69, 9.17) is 14.0 Å². The molecule has 5 heteroatoms.